The minimum atomic E-state index is -0.546. The Labute approximate surface area is 181 Å². The van der Waals surface area contributed by atoms with Crippen LogP contribution in [0, 0.1) is 11.8 Å². The van der Waals surface area contributed by atoms with E-state index in [1.165, 1.54) is 25.7 Å². The standard InChI is InChI=1S/C14H28N2O.C9H14N2O2/c1-4-5-6-8-12(2)13(17)16-14(11-15-3)9-7-10-14;1-2-7(12)11-9-3-6(4-9)5-10-8(9)13/h12,15H,4-11H2,1-3H3,(H,16,17);6H,2-5H2,1H3,(H,10,13)(H,11,12). The zero-order chi connectivity index (χ0) is 22.2. The quantitative estimate of drug-likeness (QED) is 0.406. The average molecular weight is 423 g/mol. The zero-order valence-corrected chi connectivity index (χ0v) is 19.4. The van der Waals surface area contributed by atoms with Gasteiger partial charge in [0.1, 0.15) is 5.54 Å². The molecule has 0 spiro atoms. The summed E-state index contributed by atoms with van der Waals surface area (Å²) in [5, 5.41) is 12.1. The van der Waals surface area contributed by atoms with Crippen molar-refractivity contribution in [2.75, 3.05) is 20.1 Å². The van der Waals surface area contributed by atoms with Gasteiger partial charge in [0, 0.05) is 25.4 Å². The fraction of sp³-hybridized carbons (Fsp3) is 0.870. The molecule has 0 aromatic heterocycles. The number of rotatable bonds is 10. The van der Waals surface area contributed by atoms with Gasteiger partial charge in [-0.25, -0.2) is 0 Å². The van der Waals surface area contributed by atoms with Crippen LogP contribution in [0.15, 0.2) is 0 Å². The van der Waals surface area contributed by atoms with Crippen molar-refractivity contribution in [3.8, 4) is 0 Å². The Hall–Kier alpha value is -1.63. The molecule has 3 amide bonds. The summed E-state index contributed by atoms with van der Waals surface area (Å²) in [6.45, 7) is 7.73. The molecule has 7 heteroatoms. The predicted octanol–water partition coefficient (Wildman–Crippen LogP) is 2.25. The van der Waals surface area contributed by atoms with E-state index in [1.807, 2.05) is 7.05 Å². The van der Waals surface area contributed by atoms with Crippen molar-refractivity contribution in [2.24, 2.45) is 11.8 Å². The summed E-state index contributed by atoms with van der Waals surface area (Å²) >= 11 is 0. The van der Waals surface area contributed by atoms with Gasteiger partial charge < -0.3 is 21.3 Å². The van der Waals surface area contributed by atoms with Crippen molar-refractivity contribution in [3.05, 3.63) is 0 Å². The van der Waals surface area contributed by atoms with Crippen molar-refractivity contribution >= 4 is 17.7 Å². The fourth-order valence-corrected chi connectivity index (χ4v) is 4.68. The molecule has 2 saturated heterocycles. The van der Waals surface area contributed by atoms with E-state index in [2.05, 4.69) is 35.1 Å². The zero-order valence-electron chi connectivity index (χ0n) is 19.4. The van der Waals surface area contributed by atoms with Crippen molar-refractivity contribution < 1.29 is 14.4 Å². The fourth-order valence-electron chi connectivity index (χ4n) is 4.68. The van der Waals surface area contributed by atoms with Gasteiger partial charge in [-0.15, -0.1) is 0 Å². The van der Waals surface area contributed by atoms with E-state index in [-0.39, 0.29) is 29.2 Å². The van der Waals surface area contributed by atoms with Crippen molar-refractivity contribution in [1.29, 1.82) is 0 Å². The number of likely N-dealkylation sites (N-methyl/N-ethyl adjacent to an activating group) is 1. The van der Waals surface area contributed by atoms with Crippen LogP contribution in [-0.4, -0.2) is 48.9 Å². The third-order valence-corrected chi connectivity index (χ3v) is 6.86. The lowest BCUT2D eigenvalue weighted by molar-refractivity contribution is -0.144. The van der Waals surface area contributed by atoms with Crippen molar-refractivity contribution in [3.63, 3.8) is 0 Å². The minimum absolute atomic E-state index is 0.00296. The van der Waals surface area contributed by atoms with Gasteiger partial charge in [0.2, 0.25) is 17.7 Å². The second-order valence-corrected chi connectivity index (χ2v) is 9.52. The van der Waals surface area contributed by atoms with E-state index in [0.29, 0.717) is 12.3 Å². The van der Waals surface area contributed by atoms with E-state index < -0.39 is 5.54 Å². The molecule has 2 bridgehead atoms. The Balaban J connectivity index is 0.000000220. The molecular weight excluding hydrogens is 380 g/mol. The Kier molecular flexibility index (Phi) is 9.13. The number of amides is 3. The molecule has 2 aliphatic heterocycles. The van der Waals surface area contributed by atoms with Crippen LogP contribution >= 0.6 is 0 Å². The molecule has 1 unspecified atom stereocenters. The first-order valence-corrected chi connectivity index (χ1v) is 11.9. The van der Waals surface area contributed by atoms with Crippen LogP contribution in [0.2, 0.25) is 0 Å². The number of hydrogen-bond donors (Lipinski definition) is 4. The predicted molar refractivity (Wildman–Crippen MR) is 119 cm³/mol. The number of fused-ring (bicyclic) bond motifs is 2. The average Bonchev–Trinajstić information content (AvgIpc) is 2.67. The first-order valence-electron chi connectivity index (χ1n) is 11.9. The van der Waals surface area contributed by atoms with Crippen LogP contribution in [0.3, 0.4) is 0 Å². The second-order valence-electron chi connectivity index (χ2n) is 9.52. The smallest absolute Gasteiger partial charge is 0.245 e. The number of nitrogens with one attached hydrogen (secondary N) is 4. The minimum Gasteiger partial charge on any atom is -0.354 e. The largest absolute Gasteiger partial charge is 0.354 e. The summed E-state index contributed by atoms with van der Waals surface area (Å²) < 4.78 is 0. The third-order valence-electron chi connectivity index (χ3n) is 6.86. The second kappa shape index (κ2) is 11.1. The van der Waals surface area contributed by atoms with Crippen LogP contribution in [0.1, 0.15) is 85.0 Å². The highest BCUT2D eigenvalue weighted by atomic mass is 16.2. The maximum Gasteiger partial charge on any atom is 0.245 e. The Morgan fingerprint density at radius 1 is 1.17 bits per heavy atom. The summed E-state index contributed by atoms with van der Waals surface area (Å²) in [6, 6.07) is 0. The summed E-state index contributed by atoms with van der Waals surface area (Å²) in [4.78, 5) is 34.7. The Morgan fingerprint density at radius 3 is 2.37 bits per heavy atom. The number of carbonyl (C=O) groups is 3. The van der Waals surface area contributed by atoms with Gasteiger partial charge in [-0.3, -0.25) is 14.4 Å². The molecule has 4 fully saturated rings. The number of hydrogen-bond acceptors (Lipinski definition) is 4. The van der Waals surface area contributed by atoms with E-state index in [9.17, 15) is 14.4 Å². The molecule has 0 radical (unpaired) electrons. The molecular formula is C23H42N4O3. The van der Waals surface area contributed by atoms with Crippen LogP contribution in [0.4, 0.5) is 0 Å². The number of carbonyl (C=O) groups excluding carboxylic acids is 3. The lowest BCUT2D eigenvalue weighted by atomic mass is 9.65. The molecule has 4 rings (SSSR count). The van der Waals surface area contributed by atoms with Crippen LogP contribution in [0.5, 0.6) is 0 Å². The summed E-state index contributed by atoms with van der Waals surface area (Å²) in [5.74, 6) is 0.953. The number of piperidine rings is 2. The molecule has 30 heavy (non-hydrogen) atoms. The van der Waals surface area contributed by atoms with E-state index in [4.69, 9.17) is 0 Å². The molecule has 4 N–H and O–H groups in total. The highest BCUT2D eigenvalue weighted by Gasteiger charge is 2.54. The van der Waals surface area contributed by atoms with Gasteiger partial charge in [0.25, 0.3) is 0 Å². The topological polar surface area (TPSA) is 99.3 Å². The van der Waals surface area contributed by atoms with Crippen LogP contribution in [-0.2, 0) is 14.4 Å². The summed E-state index contributed by atoms with van der Waals surface area (Å²) in [7, 11) is 1.96. The van der Waals surface area contributed by atoms with Gasteiger partial charge in [-0.1, -0.05) is 40.0 Å². The highest BCUT2D eigenvalue weighted by Crippen LogP contribution is 2.40. The van der Waals surface area contributed by atoms with Gasteiger partial charge >= 0.3 is 0 Å². The van der Waals surface area contributed by atoms with Gasteiger partial charge in [-0.05, 0) is 51.5 Å². The van der Waals surface area contributed by atoms with Gasteiger partial charge in [0.15, 0.2) is 0 Å². The maximum absolute atomic E-state index is 12.1. The lowest BCUT2D eigenvalue weighted by Crippen LogP contribution is -2.71. The molecule has 172 valence electrons. The molecule has 0 aromatic carbocycles. The maximum atomic E-state index is 12.1. The van der Waals surface area contributed by atoms with E-state index in [0.717, 1.165) is 45.2 Å². The normalized spacial score (nSPS) is 26.7. The van der Waals surface area contributed by atoms with Crippen LogP contribution < -0.4 is 21.3 Å². The molecule has 4 aliphatic rings. The molecule has 0 aromatic rings. The number of unbranched alkanes of at least 4 members (excludes halogenated alkanes) is 2. The lowest BCUT2D eigenvalue weighted by Gasteiger charge is -2.51. The molecule has 2 heterocycles. The monoisotopic (exact) mass is 422 g/mol. The van der Waals surface area contributed by atoms with E-state index >= 15 is 0 Å². The summed E-state index contributed by atoms with van der Waals surface area (Å²) in [5.41, 5.74) is -0.485. The van der Waals surface area contributed by atoms with Gasteiger partial charge in [0.05, 0.1) is 5.54 Å². The molecule has 1 atom stereocenters. The highest BCUT2D eigenvalue weighted by molar-refractivity contribution is 5.93. The Morgan fingerprint density at radius 2 is 1.87 bits per heavy atom. The Bertz CT molecular complexity index is 597. The SMILES string of the molecule is CCC(=O)NC12CC(CNC1=O)C2.CCCCCC(C)C(=O)NC1(CNC)CCC1. The first kappa shape index (κ1) is 24.6. The van der Waals surface area contributed by atoms with Crippen LogP contribution in [0.25, 0.3) is 0 Å². The third kappa shape index (κ3) is 6.19. The first-order chi connectivity index (χ1) is 14.3. The molecule has 2 saturated carbocycles. The van der Waals surface area contributed by atoms with Crippen molar-refractivity contribution in [2.45, 2.75) is 96.1 Å². The molecule has 7 nitrogen and oxygen atoms in total. The van der Waals surface area contributed by atoms with Crippen molar-refractivity contribution in [1.82, 2.24) is 21.3 Å². The summed E-state index contributed by atoms with van der Waals surface area (Å²) in [6.07, 6.45) is 10.2. The van der Waals surface area contributed by atoms with E-state index in [1.54, 1.807) is 6.92 Å². The van der Waals surface area contributed by atoms with Gasteiger partial charge in [-0.2, -0.15) is 0 Å². The molecule has 2 aliphatic carbocycles.